The van der Waals surface area contributed by atoms with Crippen LogP contribution in [0.25, 0.3) is 0 Å². The summed E-state index contributed by atoms with van der Waals surface area (Å²) in [5.41, 5.74) is 1.01. The van der Waals surface area contributed by atoms with Crippen LogP contribution in [-0.2, 0) is 0 Å². The number of para-hydroxylation sites is 1. The summed E-state index contributed by atoms with van der Waals surface area (Å²) in [6.45, 7) is 10.5. The molecule has 0 radical (unpaired) electrons. The van der Waals surface area contributed by atoms with Crippen LogP contribution in [0.3, 0.4) is 0 Å². The van der Waals surface area contributed by atoms with Crippen LogP contribution in [0.15, 0.2) is 24.3 Å². The van der Waals surface area contributed by atoms with Gasteiger partial charge in [0.25, 0.3) is 0 Å². The van der Waals surface area contributed by atoms with Gasteiger partial charge in [0.15, 0.2) is 0 Å². The molecule has 1 N–H and O–H groups in total. The molecule has 1 aliphatic rings. The molecule has 1 aliphatic heterocycles. The van der Waals surface area contributed by atoms with Crippen molar-refractivity contribution in [3.63, 3.8) is 0 Å². The van der Waals surface area contributed by atoms with E-state index in [-0.39, 0.29) is 11.2 Å². The number of piperazine rings is 1. The van der Waals surface area contributed by atoms with Crippen LogP contribution in [0.4, 0.5) is 10.1 Å². The van der Waals surface area contributed by atoms with Crippen LogP contribution >= 0.6 is 0 Å². The average molecular weight is 279 g/mol. The molecule has 1 aromatic carbocycles. The third kappa shape index (κ3) is 3.93. The van der Waals surface area contributed by atoms with Gasteiger partial charge >= 0.3 is 0 Å². The SMILES string of the molecule is CNCC(C)(C)CN1CCN(c2ccccc2F)CC1. The molecule has 0 atom stereocenters. The number of hydrogen-bond donors (Lipinski definition) is 1. The Kier molecular flexibility index (Phi) is 5.00. The number of hydrogen-bond acceptors (Lipinski definition) is 3. The molecular weight excluding hydrogens is 253 g/mol. The highest BCUT2D eigenvalue weighted by molar-refractivity contribution is 5.47. The Morgan fingerprint density at radius 2 is 1.80 bits per heavy atom. The van der Waals surface area contributed by atoms with Gasteiger partial charge in [-0.25, -0.2) is 4.39 Å². The minimum Gasteiger partial charge on any atom is -0.367 e. The van der Waals surface area contributed by atoms with E-state index in [1.165, 1.54) is 6.07 Å². The molecule has 1 aromatic rings. The van der Waals surface area contributed by atoms with E-state index in [9.17, 15) is 4.39 Å². The normalized spacial score (nSPS) is 17.5. The highest BCUT2D eigenvalue weighted by atomic mass is 19.1. The monoisotopic (exact) mass is 279 g/mol. The van der Waals surface area contributed by atoms with E-state index in [1.54, 1.807) is 6.07 Å². The second-order valence-corrected chi connectivity index (χ2v) is 6.41. The topological polar surface area (TPSA) is 18.5 Å². The lowest BCUT2D eigenvalue weighted by Gasteiger charge is -2.39. The molecule has 4 heteroatoms. The molecule has 0 saturated carbocycles. The van der Waals surface area contributed by atoms with Crippen LogP contribution in [0, 0.1) is 11.2 Å². The number of anilines is 1. The van der Waals surface area contributed by atoms with Gasteiger partial charge in [-0.15, -0.1) is 0 Å². The van der Waals surface area contributed by atoms with Gasteiger partial charge in [-0.3, -0.25) is 4.90 Å². The van der Waals surface area contributed by atoms with Crippen molar-refractivity contribution in [2.24, 2.45) is 5.41 Å². The van der Waals surface area contributed by atoms with Crippen LogP contribution < -0.4 is 10.2 Å². The Bertz CT molecular complexity index is 425. The maximum Gasteiger partial charge on any atom is 0.146 e. The summed E-state index contributed by atoms with van der Waals surface area (Å²) in [6, 6.07) is 7.06. The van der Waals surface area contributed by atoms with Crippen LogP contribution in [0.5, 0.6) is 0 Å². The zero-order valence-corrected chi connectivity index (χ0v) is 12.8. The predicted molar refractivity (Wildman–Crippen MR) is 82.8 cm³/mol. The minimum atomic E-state index is -0.114. The van der Waals surface area contributed by atoms with E-state index in [0.29, 0.717) is 0 Å². The molecule has 20 heavy (non-hydrogen) atoms. The number of rotatable bonds is 5. The van der Waals surface area contributed by atoms with E-state index in [2.05, 4.69) is 29.0 Å². The number of benzene rings is 1. The van der Waals surface area contributed by atoms with Crippen molar-refractivity contribution in [1.82, 2.24) is 10.2 Å². The van der Waals surface area contributed by atoms with Gasteiger partial charge in [-0.1, -0.05) is 26.0 Å². The van der Waals surface area contributed by atoms with Crippen LogP contribution in [-0.4, -0.2) is 51.2 Å². The fraction of sp³-hybridized carbons (Fsp3) is 0.625. The molecule has 2 rings (SSSR count). The second kappa shape index (κ2) is 6.55. The van der Waals surface area contributed by atoms with Crippen molar-refractivity contribution in [3.8, 4) is 0 Å². The summed E-state index contributed by atoms with van der Waals surface area (Å²) in [5.74, 6) is -0.114. The summed E-state index contributed by atoms with van der Waals surface area (Å²) < 4.78 is 13.8. The minimum absolute atomic E-state index is 0.114. The van der Waals surface area contributed by atoms with Gasteiger partial charge in [-0.05, 0) is 24.6 Å². The van der Waals surface area contributed by atoms with Crippen molar-refractivity contribution < 1.29 is 4.39 Å². The molecule has 112 valence electrons. The molecule has 0 spiro atoms. The van der Waals surface area contributed by atoms with Gasteiger partial charge < -0.3 is 10.2 Å². The highest BCUT2D eigenvalue weighted by Crippen LogP contribution is 2.22. The van der Waals surface area contributed by atoms with Gasteiger partial charge in [0.1, 0.15) is 5.82 Å². The van der Waals surface area contributed by atoms with Crippen LogP contribution in [0.1, 0.15) is 13.8 Å². The lowest BCUT2D eigenvalue weighted by atomic mass is 9.92. The fourth-order valence-electron chi connectivity index (χ4n) is 2.99. The molecule has 0 bridgehead atoms. The molecule has 1 fully saturated rings. The third-order valence-corrected chi connectivity index (χ3v) is 3.87. The Morgan fingerprint density at radius 3 is 2.40 bits per heavy atom. The maximum absolute atomic E-state index is 13.8. The zero-order chi connectivity index (χ0) is 14.6. The van der Waals surface area contributed by atoms with Crippen molar-refractivity contribution in [1.29, 1.82) is 0 Å². The second-order valence-electron chi connectivity index (χ2n) is 6.41. The zero-order valence-electron chi connectivity index (χ0n) is 12.8. The standard InChI is InChI=1S/C16H26FN3/c1-16(2,12-18-3)13-19-8-10-20(11-9-19)15-7-5-4-6-14(15)17/h4-7,18H,8-13H2,1-3H3. The number of halogens is 1. The van der Waals surface area contributed by atoms with E-state index >= 15 is 0 Å². The Balaban J connectivity index is 1.88. The van der Waals surface area contributed by atoms with Gasteiger partial charge in [0.05, 0.1) is 5.69 Å². The van der Waals surface area contributed by atoms with E-state index in [0.717, 1.165) is 45.0 Å². The summed E-state index contributed by atoms with van der Waals surface area (Å²) in [5, 5.41) is 3.25. The summed E-state index contributed by atoms with van der Waals surface area (Å²) >= 11 is 0. The lowest BCUT2D eigenvalue weighted by Crippen LogP contribution is -2.50. The van der Waals surface area contributed by atoms with E-state index in [1.807, 2.05) is 19.2 Å². The molecule has 3 nitrogen and oxygen atoms in total. The summed E-state index contributed by atoms with van der Waals surface area (Å²) in [6.07, 6.45) is 0. The predicted octanol–water partition coefficient (Wildman–Crippen LogP) is 2.19. The van der Waals surface area contributed by atoms with E-state index < -0.39 is 0 Å². The van der Waals surface area contributed by atoms with Gasteiger partial charge in [0, 0.05) is 39.3 Å². The fourth-order valence-corrected chi connectivity index (χ4v) is 2.99. The molecule has 0 amide bonds. The van der Waals surface area contributed by atoms with Gasteiger partial charge in [-0.2, -0.15) is 0 Å². The molecule has 1 saturated heterocycles. The Hall–Kier alpha value is -1.13. The highest BCUT2D eigenvalue weighted by Gasteiger charge is 2.25. The Morgan fingerprint density at radius 1 is 1.15 bits per heavy atom. The molecule has 0 aromatic heterocycles. The number of nitrogens with one attached hydrogen (secondary N) is 1. The number of nitrogens with zero attached hydrogens (tertiary/aromatic N) is 2. The smallest absolute Gasteiger partial charge is 0.146 e. The molecule has 0 unspecified atom stereocenters. The summed E-state index contributed by atoms with van der Waals surface area (Å²) in [4.78, 5) is 4.63. The quantitative estimate of drug-likeness (QED) is 0.891. The van der Waals surface area contributed by atoms with Crippen LogP contribution in [0.2, 0.25) is 0 Å². The first-order valence-corrected chi connectivity index (χ1v) is 7.38. The van der Waals surface area contributed by atoms with Crippen molar-refractivity contribution in [2.45, 2.75) is 13.8 Å². The summed E-state index contributed by atoms with van der Waals surface area (Å²) in [7, 11) is 2.00. The average Bonchev–Trinajstić information content (AvgIpc) is 2.40. The third-order valence-electron chi connectivity index (χ3n) is 3.87. The Labute approximate surface area is 121 Å². The molecule has 1 heterocycles. The first kappa shape index (κ1) is 15.3. The van der Waals surface area contributed by atoms with Crippen molar-refractivity contribution in [2.75, 3.05) is 51.2 Å². The molecular formula is C16H26FN3. The molecule has 0 aliphatic carbocycles. The largest absolute Gasteiger partial charge is 0.367 e. The lowest BCUT2D eigenvalue weighted by molar-refractivity contribution is 0.168. The van der Waals surface area contributed by atoms with Crippen molar-refractivity contribution in [3.05, 3.63) is 30.1 Å². The first-order valence-electron chi connectivity index (χ1n) is 7.38. The van der Waals surface area contributed by atoms with Crippen molar-refractivity contribution >= 4 is 5.69 Å². The van der Waals surface area contributed by atoms with E-state index in [4.69, 9.17) is 0 Å². The first-order chi connectivity index (χ1) is 9.52. The maximum atomic E-state index is 13.8. The van der Waals surface area contributed by atoms with Gasteiger partial charge in [0.2, 0.25) is 0 Å².